The molecule has 2 N–H and O–H groups in total. The Morgan fingerprint density at radius 2 is 2.00 bits per heavy atom. The monoisotopic (exact) mass is 397 g/mol. The number of alkyl halides is 3. The molecule has 0 unspecified atom stereocenters. The molecule has 0 saturated carbocycles. The molecule has 1 amide bonds. The van der Waals surface area contributed by atoms with Crippen molar-refractivity contribution in [3.8, 4) is 11.5 Å². The standard InChI is InChI=1S/C17H14F3N3O5/c1-28-13-7-9(6-12(14(13)24)23(26)27)15-21-11-5-3-2-4-10(11)16(25)22(15)8-17(18,19)20/h2-7,15,21,24H,8H2,1H3/t15-/m1/s1. The lowest BCUT2D eigenvalue weighted by Crippen LogP contribution is -2.47. The van der Waals surface area contributed by atoms with Crippen molar-refractivity contribution in [3.05, 3.63) is 57.6 Å². The summed E-state index contributed by atoms with van der Waals surface area (Å²) in [7, 11) is 1.14. The number of nitrogens with zero attached hydrogens (tertiary/aromatic N) is 2. The minimum absolute atomic E-state index is 0.0447. The van der Waals surface area contributed by atoms with E-state index in [-0.39, 0.29) is 22.6 Å². The maximum absolute atomic E-state index is 13.1. The number of phenols is 1. The molecule has 3 rings (SSSR count). The quantitative estimate of drug-likeness (QED) is 0.605. The number of rotatable bonds is 4. The molecule has 148 valence electrons. The zero-order valence-electron chi connectivity index (χ0n) is 14.4. The summed E-state index contributed by atoms with van der Waals surface area (Å²) in [6.07, 6.45) is -6.06. The number of phenolic OH excluding ortho intramolecular Hbond substituents is 1. The molecule has 2 aromatic rings. The molecule has 1 atom stereocenters. The van der Waals surface area contributed by atoms with Gasteiger partial charge in [0.1, 0.15) is 12.7 Å². The van der Waals surface area contributed by atoms with Crippen LogP contribution in [0.1, 0.15) is 22.1 Å². The number of nitro groups is 1. The first-order valence-electron chi connectivity index (χ1n) is 7.91. The summed E-state index contributed by atoms with van der Waals surface area (Å²) in [5, 5.41) is 23.9. The van der Waals surface area contributed by atoms with E-state index in [1.54, 1.807) is 6.07 Å². The number of halogens is 3. The summed E-state index contributed by atoms with van der Waals surface area (Å²) < 4.78 is 44.2. The van der Waals surface area contributed by atoms with Gasteiger partial charge >= 0.3 is 11.9 Å². The number of aromatic hydroxyl groups is 1. The van der Waals surface area contributed by atoms with E-state index in [2.05, 4.69) is 5.32 Å². The molecule has 1 aliphatic heterocycles. The number of carbonyl (C=O) groups excluding carboxylic acids is 1. The fourth-order valence-electron chi connectivity index (χ4n) is 2.98. The van der Waals surface area contributed by atoms with Gasteiger partial charge in [0.05, 0.1) is 17.6 Å². The Hall–Kier alpha value is -3.50. The fourth-order valence-corrected chi connectivity index (χ4v) is 2.98. The molecule has 0 saturated heterocycles. The van der Waals surface area contributed by atoms with Crippen LogP contribution in [0.3, 0.4) is 0 Å². The number of carbonyl (C=O) groups is 1. The number of ether oxygens (including phenoxy) is 1. The molecule has 8 nitrogen and oxygen atoms in total. The van der Waals surface area contributed by atoms with Crippen molar-refractivity contribution in [1.29, 1.82) is 0 Å². The number of amides is 1. The predicted molar refractivity (Wildman–Crippen MR) is 91.2 cm³/mol. The van der Waals surface area contributed by atoms with Crippen molar-refractivity contribution in [2.24, 2.45) is 0 Å². The van der Waals surface area contributed by atoms with Gasteiger partial charge < -0.3 is 20.1 Å². The van der Waals surface area contributed by atoms with E-state index in [0.717, 1.165) is 19.2 Å². The number of nitrogens with one attached hydrogen (secondary N) is 1. The Morgan fingerprint density at radius 1 is 1.32 bits per heavy atom. The molecule has 2 aromatic carbocycles. The zero-order chi connectivity index (χ0) is 20.6. The van der Waals surface area contributed by atoms with Gasteiger partial charge in [-0.15, -0.1) is 0 Å². The number of hydrogen-bond donors (Lipinski definition) is 2. The predicted octanol–water partition coefficient (Wildman–Crippen LogP) is 3.44. The van der Waals surface area contributed by atoms with E-state index in [9.17, 15) is 33.2 Å². The molecule has 0 radical (unpaired) electrons. The maximum atomic E-state index is 13.1. The third kappa shape index (κ3) is 3.50. The summed E-state index contributed by atoms with van der Waals surface area (Å²) in [6, 6.07) is 8.04. The number of anilines is 1. The van der Waals surface area contributed by atoms with Gasteiger partial charge in [-0.1, -0.05) is 12.1 Å². The maximum Gasteiger partial charge on any atom is 0.406 e. The van der Waals surface area contributed by atoms with E-state index < -0.39 is 41.2 Å². The Balaban J connectivity index is 2.16. The lowest BCUT2D eigenvalue weighted by atomic mass is 10.0. The smallest absolute Gasteiger partial charge is 0.406 e. The molecular formula is C17H14F3N3O5. The van der Waals surface area contributed by atoms with Gasteiger partial charge in [0.2, 0.25) is 5.75 Å². The van der Waals surface area contributed by atoms with E-state index >= 15 is 0 Å². The van der Waals surface area contributed by atoms with Crippen molar-refractivity contribution in [1.82, 2.24) is 4.90 Å². The van der Waals surface area contributed by atoms with Gasteiger partial charge in [-0.2, -0.15) is 13.2 Å². The van der Waals surface area contributed by atoms with Crippen LogP contribution in [-0.4, -0.2) is 40.7 Å². The second-order valence-electron chi connectivity index (χ2n) is 5.99. The second kappa shape index (κ2) is 6.91. The Morgan fingerprint density at radius 3 is 2.61 bits per heavy atom. The number of para-hydroxylation sites is 1. The third-order valence-corrected chi connectivity index (χ3v) is 4.18. The molecule has 1 heterocycles. The summed E-state index contributed by atoms with van der Waals surface area (Å²) in [4.78, 5) is 23.5. The van der Waals surface area contributed by atoms with E-state index in [4.69, 9.17) is 4.74 Å². The SMILES string of the molecule is COc1cc([C@@H]2Nc3ccccc3C(=O)N2CC(F)(F)F)cc([N+](=O)[O-])c1O. The van der Waals surface area contributed by atoms with E-state index in [1.165, 1.54) is 18.2 Å². The molecule has 11 heteroatoms. The fraction of sp³-hybridized carbons (Fsp3) is 0.235. The minimum atomic E-state index is -4.70. The van der Waals surface area contributed by atoms with Crippen LogP contribution >= 0.6 is 0 Å². The third-order valence-electron chi connectivity index (χ3n) is 4.18. The van der Waals surface area contributed by atoms with Gasteiger partial charge in [0.25, 0.3) is 5.91 Å². The normalized spacial score (nSPS) is 16.4. The number of benzene rings is 2. The largest absolute Gasteiger partial charge is 0.500 e. The summed E-state index contributed by atoms with van der Waals surface area (Å²) >= 11 is 0. The second-order valence-corrected chi connectivity index (χ2v) is 5.99. The lowest BCUT2D eigenvalue weighted by molar-refractivity contribution is -0.386. The van der Waals surface area contributed by atoms with Gasteiger partial charge in [-0.25, -0.2) is 0 Å². The van der Waals surface area contributed by atoms with Crippen LogP contribution < -0.4 is 10.1 Å². The number of methoxy groups -OCH3 is 1. The van der Waals surface area contributed by atoms with Gasteiger partial charge in [0.15, 0.2) is 5.75 Å². The van der Waals surface area contributed by atoms with Crippen molar-refractivity contribution in [2.45, 2.75) is 12.3 Å². The van der Waals surface area contributed by atoms with Gasteiger partial charge in [-0.05, 0) is 18.2 Å². The van der Waals surface area contributed by atoms with Crippen molar-refractivity contribution in [3.63, 3.8) is 0 Å². The minimum Gasteiger partial charge on any atom is -0.500 e. The first-order chi connectivity index (χ1) is 13.1. The highest BCUT2D eigenvalue weighted by atomic mass is 19.4. The average Bonchev–Trinajstić information content (AvgIpc) is 2.63. The van der Waals surface area contributed by atoms with Crippen LogP contribution in [0.5, 0.6) is 11.5 Å². The molecule has 0 spiro atoms. The van der Waals surface area contributed by atoms with Crippen LogP contribution in [-0.2, 0) is 0 Å². The average molecular weight is 397 g/mol. The molecule has 0 aromatic heterocycles. The summed E-state index contributed by atoms with van der Waals surface area (Å²) in [5.41, 5.74) is -0.475. The summed E-state index contributed by atoms with van der Waals surface area (Å²) in [5.74, 6) is -1.95. The molecule has 1 aliphatic rings. The van der Waals surface area contributed by atoms with Crippen molar-refractivity contribution >= 4 is 17.3 Å². The van der Waals surface area contributed by atoms with Crippen molar-refractivity contribution in [2.75, 3.05) is 19.0 Å². The zero-order valence-corrected chi connectivity index (χ0v) is 14.4. The van der Waals surface area contributed by atoms with E-state index in [0.29, 0.717) is 4.90 Å². The highest BCUT2D eigenvalue weighted by Crippen LogP contribution is 2.42. The van der Waals surface area contributed by atoms with Crippen LogP contribution in [0.4, 0.5) is 24.5 Å². The van der Waals surface area contributed by atoms with Crippen molar-refractivity contribution < 1.29 is 32.7 Å². The van der Waals surface area contributed by atoms with Gasteiger partial charge in [-0.3, -0.25) is 14.9 Å². The topological polar surface area (TPSA) is 105 Å². The Labute approximate surface area is 156 Å². The Kier molecular flexibility index (Phi) is 4.75. The van der Waals surface area contributed by atoms with Crippen LogP contribution in [0.15, 0.2) is 36.4 Å². The Bertz CT molecular complexity index is 948. The molecule has 28 heavy (non-hydrogen) atoms. The van der Waals surface area contributed by atoms with E-state index in [1.807, 2.05) is 0 Å². The number of nitro benzene ring substituents is 1. The first-order valence-corrected chi connectivity index (χ1v) is 7.91. The highest BCUT2D eigenvalue weighted by molar-refractivity contribution is 6.01. The molecule has 0 fully saturated rings. The highest BCUT2D eigenvalue weighted by Gasteiger charge is 2.41. The van der Waals surface area contributed by atoms with Crippen LogP contribution in [0.2, 0.25) is 0 Å². The van der Waals surface area contributed by atoms with Gasteiger partial charge in [0, 0.05) is 17.3 Å². The lowest BCUT2D eigenvalue weighted by Gasteiger charge is -2.38. The number of hydrogen-bond acceptors (Lipinski definition) is 6. The number of fused-ring (bicyclic) bond motifs is 1. The molecule has 0 bridgehead atoms. The summed E-state index contributed by atoms with van der Waals surface area (Å²) in [6.45, 7) is -1.57. The molecular weight excluding hydrogens is 383 g/mol. The first kappa shape index (κ1) is 19.3. The molecule has 0 aliphatic carbocycles. The van der Waals surface area contributed by atoms with Crippen LogP contribution in [0, 0.1) is 10.1 Å². The van der Waals surface area contributed by atoms with Crippen LogP contribution in [0.25, 0.3) is 0 Å².